The van der Waals surface area contributed by atoms with Gasteiger partial charge in [0.2, 0.25) is 5.91 Å². The van der Waals surface area contributed by atoms with Crippen LogP contribution in [0.15, 0.2) is 42.6 Å². The molecule has 0 aliphatic carbocycles. The predicted octanol–water partition coefficient (Wildman–Crippen LogP) is 2.71. The van der Waals surface area contributed by atoms with Gasteiger partial charge >= 0.3 is 0 Å². The highest BCUT2D eigenvalue weighted by molar-refractivity contribution is 6.10. The van der Waals surface area contributed by atoms with Crippen LogP contribution in [0.3, 0.4) is 0 Å². The minimum atomic E-state index is -0.555. The first-order valence-electron chi connectivity index (χ1n) is 8.70. The molecule has 0 saturated carbocycles. The van der Waals surface area contributed by atoms with Gasteiger partial charge in [0.1, 0.15) is 11.6 Å². The van der Waals surface area contributed by atoms with Crippen LogP contribution in [0, 0.1) is 6.92 Å². The van der Waals surface area contributed by atoms with Gasteiger partial charge in [-0.25, -0.2) is 9.97 Å². The standard InChI is InChI=1S/C20H23N5O/c1-13-21-9-15(10-22-13)14-6-7-16-17(8-14)25(19(26)20(16,2)3)18-11-23(4)12-24(18)5/h6-11H,12H2,1-5H3. The van der Waals surface area contributed by atoms with Crippen LogP contribution in [-0.2, 0) is 10.2 Å². The second kappa shape index (κ2) is 5.56. The normalized spacial score (nSPS) is 18.4. The molecule has 2 aliphatic heterocycles. The summed E-state index contributed by atoms with van der Waals surface area (Å²) in [4.78, 5) is 27.8. The van der Waals surface area contributed by atoms with E-state index in [9.17, 15) is 4.79 Å². The number of amides is 1. The average molecular weight is 349 g/mol. The molecular weight excluding hydrogens is 326 g/mol. The fourth-order valence-electron chi connectivity index (χ4n) is 3.67. The molecule has 0 spiro atoms. The second-order valence-corrected chi connectivity index (χ2v) is 7.60. The summed E-state index contributed by atoms with van der Waals surface area (Å²) < 4.78 is 0. The summed E-state index contributed by atoms with van der Waals surface area (Å²) in [6.07, 6.45) is 5.67. The maximum atomic E-state index is 13.2. The number of aryl methyl sites for hydroxylation is 1. The molecule has 0 bridgehead atoms. The molecule has 0 radical (unpaired) electrons. The van der Waals surface area contributed by atoms with Crippen molar-refractivity contribution in [1.29, 1.82) is 0 Å². The third-order valence-electron chi connectivity index (χ3n) is 5.16. The first-order chi connectivity index (χ1) is 12.3. The number of hydrogen-bond donors (Lipinski definition) is 0. The van der Waals surface area contributed by atoms with E-state index in [0.717, 1.165) is 40.7 Å². The van der Waals surface area contributed by atoms with Gasteiger partial charge in [-0.1, -0.05) is 12.1 Å². The van der Waals surface area contributed by atoms with Gasteiger partial charge in [-0.3, -0.25) is 9.69 Å². The van der Waals surface area contributed by atoms with Crippen molar-refractivity contribution in [1.82, 2.24) is 19.8 Å². The van der Waals surface area contributed by atoms with E-state index in [0.29, 0.717) is 0 Å². The number of carbonyl (C=O) groups is 1. The third-order valence-corrected chi connectivity index (χ3v) is 5.16. The van der Waals surface area contributed by atoms with E-state index < -0.39 is 5.41 Å². The van der Waals surface area contributed by atoms with Gasteiger partial charge in [0.05, 0.1) is 17.8 Å². The molecule has 0 N–H and O–H groups in total. The highest BCUT2D eigenvalue weighted by Gasteiger charge is 2.46. The van der Waals surface area contributed by atoms with Crippen LogP contribution in [0.25, 0.3) is 11.1 Å². The number of aromatic nitrogens is 2. The lowest BCUT2D eigenvalue weighted by Crippen LogP contribution is -2.39. The van der Waals surface area contributed by atoms with Crippen molar-refractivity contribution in [2.45, 2.75) is 26.2 Å². The Bertz CT molecular complexity index is 916. The van der Waals surface area contributed by atoms with Crippen molar-refractivity contribution in [2.24, 2.45) is 0 Å². The summed E-state index contributed by atoms with van der Waals surface area (Å²) in [7, 11) is 4.02. The van der Waals surface area contributed by atoms with Crippen molar-refractivity contribution in [3.8, 4) is 11.1 Å². The van der Waals surface area contributed by atoms with Crippen molar-refractivity contribution >= 4 is 11.6 Å². The summed E-state index contributed by atoms with van der Waals surface area (Å²) in [5, 5.41) is 0. The average Bonchev–Trinajstić information content (AvgIpc) is 3.02. The molecule has 3 heterocycles. The Morgan fingerprint density at radius 1 is 1.08 bits per heavy atom. The van der Waals surface area contributed by atoms with E-state index in [1.165, 1.54) is 0 Å². The van der Waals surface area contributed by atoms with Crippen LogP contribution in [0.5, 0.6) is 0 Å². The first-order valence-corrected chi connectivity index (χ1v) is 8.70. The molecular formula is C20H23N5O. The van der Waals surface area contributed by atoms with Crippen LogP contribution >= 0.6 is 0 Å². The smallest absolute Gasteiger partial charge is 0.242 e. The van der Waals surface area contributed by atoms with E-state index in [1.807, 2.05) is 64.4 Å². The maximum Gasteiger partial charge on any atom is 0.242 e. The molecule has 6 heteroatoms. The van der Waals surface area contributed by atoms with Gasteiger partial charge in [0.25, 0.3) is 0 Å². The van der Waals surface area contributed by atoms with Crippen LogP contribution in [0.2, 0.25) is 0 Å². The molecule has 0 saturated heterocycles. The Balaban J connectivity index is 1.85. The van der Waals surface area contributed by atoms with E-state index >= 15 is 0 Å². The molecule has 1 aromatic carbocycles. The monoisotopic (exact) mass is 349 g/mol. The number of rotatable bonds is 2. The molecule has 2 aromatic rings. The quantitative estimate of drug-likeness (QED) is 0.834. The Labute approximate surface area is 153 Å². The Hall–Kier alpha value is -2.89. The largest absolute Gasteiger partial charge is 0.360 e. The summed E-state index contributed by atoms with van der Waals surface area (Å²) in [5.41, 5.74) is 3.38. The molecule has 2 aliphatic rings. The third kappa shape index (κ3) is 2.36. The maximum absolute atomic E-state index is 13.2. The minimum absolute atomic E-state index is 0.0956. The minimum Gasteiger partial charge on any atom is -0.360 e. The van der Waals surface area contributed by atoms with E-state index in [2.05, 4.69) is 31.9 Å². The number of benzene rings is 1. The second-order valence-electron chi connectivity index (χ2n) is 7.60. The van der Waals surface area contributed by atoms with Crippen molar-refractivity contribution in [3.63, 3.8) is 0 Å². The van der Waals surface area contributed by atoms with Crippen molar-refractivity contribution < 1.29 is 4.79 Å². The molecule has 0 fully saturated rings. The highest BCUT2D eigenvalue weighted by Crippen LogP contribution is 2.45. The number of fused-ring (bicyclic) bond motifs is 1. The number of anilines is 1. The Morgan fingerprint density at radius 2 is 1.77 bits per heavy atom. The van der Waals surface area contributed by atoms with Crippen LogP contribution in [-0.4, -0.2) is 46.4 Å². The highest BCUT2D eigenvalue weighted by atomic mass is 16.2. The molecule has 6 nitrogen and oxygen atoms in total. The van der Waals surface area contributed by atoms with E-state index in [-0.39, 0.29) is 5.91 Å². The van der Waals surface area contributed by atoms with Gasteiger partial charge in [0.15, 0.2) is 0 Å². The van der Waals surface area contributed by atoms with Gasteiger partial charge in [-0.15, -0.1) is 0 Å². The van der Waals surface area contributed by atoms with Crippen LogP contribution in [0.4, 0.5) is 5.69 Å². The van der Waals surface area contributed by atoms with Crippen LogP contribution in [0.1, 0.15) is 25.2 Å². The van der Waals surface area contributed by atoms with E-state index in [1.54, 1.807) is 0 Å². The van der Waals surface area contributed by atoms with Gasteiger partial charge in [-0.2, -0.15) is 0 Å². The molecule has 1 amide bonds. The van der Waals surface area contributed by atoms with Crippen LogP contribution < -0.4 is 4.90 Å². The molecule has 1 aromatic heterocycles. The van der Waals surface area contributed by atoms with Crippen molar-refractivity contribution in [3.05, 3.63) is 54.0 Å². The summed E-state index contributed by atoms with van der Waals surface area (Å²) in [6, 6.07) is 6.18. The number of hydrogen-bond acceptors (Lipinski definition) is 5. The molecule has 0 unspecified atom stereocenters. The Kier molecular flexibility index (Phi) is 3.54. The predicted molar refractivity (Wildman–Crippen MR) is 101 cm³/mol. The summed E-state index contributed by atoms with van der Waals surface area (Å²) >= 11 is 0. The Morgan fingerprint density at radius 3 is 2.38 bits per heavy atom. The zero-order valence-electron chi connectivity index (χ0n) is 15.8. The lowest BCUT2D eigenvalue weighted by molar-refractivity contribution is -0.121. The summed E-state index contributed by atoms with van der Waals surface area (Å²) in [5.74, 6) is 1.74. The molecule has 26 heavy (non-hydrogen) atoms. The van der Waals surface area contributed by atoms with Crippen molar-refractivity contribution in [2.75, 3.05) is 25.7 Å². The fraction of sp³-hybridized carbons (Fsp3) is 0.350. The van der Waals surface area contributed by atoms with Gasteiger partial charge < -0.3 is 9.80 Å². The van der Waals surface area contributed by atoms with E-state index in [4.69, 9.17) is 0 Å². The zero-order chi connectivity index (χ0) is 18.6. The SMILES string of the molecule is Cc1ncc(-c2ccc3c(c2)N(C2=CN(C)CN2C)C(=O)C3(C)C)cn1. The summed E-state index contributed by atoms with van der Waals surface area (Å²) in [6.45, 7) is 6.61. The van der Waals surface area contributed by atoms with Gasteiger partial charge in [-0.05, 0) is 38.0 Å². The number of nitrogens with zero attached hydrogens (tertiary/aromatic N) is 5. The lowest BCUT2D eigenvalue weighted by Gasteiger charge is -2.26. The van der Waals surface area contributed by atoms with Gasteiger partial charge in [0, 0.05) is 38.3 Å². The molecule has 0 atom stereocenters. The first kappa shape index (κ1) is 16.6. The topological polar surface area (TPSA) is 52.6 Å². The number of carbonyl (C=O) groups excluding carboxylic acids is 1. The zero-order valence-corrected chi connectivity index (χ0v) is 15.8. The molecule has 134 valence electrons. The molecule has 4 rings (SSSR count). The fourth-order valence-corrected chi connectivity index (χ4v) is 3.67. The lowest BCUT2D eigenvalue weighted by atomic mass is 9.85.